The van der Waals surface area contributed by atoms with E-state index in [9.17, 15) is 9.59 Å². The monoisotopic (exact) mass is 379 g/mol. The van der Waals surface area contributed by atoms with E-state index >= 15 is 0 Å². The van der Waals surface area contributed by atoms with Crippen LogP contribution in [0.4, 0.5) is 10.5 Å². The summed E-state index contributed by atoms with van der Waals surface area (Å²) in [5.41, 5.74) is 3.56. The number of carbonyl (C=O) groups excluding carboxylic acids is 2. The van der Waals surface area contributed by atoms with Gasteiger partial charge in [-0.05, 0) is 61.9 Å². The van der Waals surface area contributed by atoms with E-state index in [1.54, 1.807) is 24.3 Å². The predicted octanol–water partition coefficient (Wildman–Crippen LogP) is 4.76. The van der Waals surface area contributed by atoms with Gasteiger partial charge >= 0.3 is 6.03 Å². The highest BCUT2D eigenvalue weighted by Gasteiger charge is 2.18. The molecule has 1 heterocycles. The normalized spacial score (nSPS) is 15.0. The third-order valence-corrected chi connectivity index (χ3v) is 5.25. The number of hydrogen-bond donors (Lipinski definition) is 2. The van der Waals surface area contributed by atoms with E-state index in [4.69, 9.17) is 0 Å². The van der Waals surface area contributed by atoms with E-state index in [1.807, 2.05) is 24.0 Å². The number of benzene rings is 2. The van der Waals surface area contributed by atoms with Crippen LogP contribution in [0, 0.1) is 0 Å². The smallest absolute Gasteiger partial charge is 0.319 e. The number of rotatable bonds is 5. The molecule has 2 aromatic carbocycles. The van der Waals surface area contributed by atoms with Gasteiger partial charge in [-0.3, -0.25) is 4.79 Å². The van der Waals surface area contributed by atoms with Crippen molar-refractivity contribution >= 4 is 17.6 Å². The lowest BCUT2D eigenvalue weighted by Crippen LogP contribution is -2.35. The largest absolute Gasteiger partial charge is 0.339 e. The summed E-state index contributed by atoms with van der Waals surface area (Å²) in [6.45, 7) is 5.70. The molecule has 5 nitrogen and oxygen atoms in total. The summed E-state index contributed by atoms with van der Waals surface area (Å²) in [5.74, 6) is 0.0353. The highest BCUT2D eigenvalue weighted by molar-refractivity contribution is 5.97. The van der Waals surface area contributed by atoms with Crippen molar-refractivity contribution in [3.63, 3.8) is 0 Å². The lowest BCUT2D eigenvalue weighted by molar-refractivity contribution is 0.0724. The minimum atomic E-state index is -0.283. The third-order valence-electron chi connectivity index (χ3n) is 5.25. The molecule has 0 spiro atoms. The molecule has 1 atom stereocenters. The quantitative estimate of drug-likeness (QED) is 0.787. The van der Waals surface area contributed by atoms with Gasteiger partial charge in [-0.15, -0.1) is 0 Å². The molecule has 0 saturated carbocycles. The van der Waals surface area contributed by atoms with Gasteiger partial charge in [0.2, 0.25) is 0 Å². The SMILES string of the molecule is CCc1ccc(C(C)NC(=O)Nc2cccc(C(=O)N3CCCCC3)c2)cc1. The number of nitrogens with one attached hydrogen (secondary N) is 2. The minimum Gasteiger partial charge on any atom is -0.339 e. The van der Waals surface area contributed by atoms with Crippen LogP contribution in [-0.4, -0.2) is 29.9 Å². The predicted molar refractivity (Wildman–Crippen MR) is 113 cm³/mol. The number of anilines is 1. The number of piperidine rings is 1. The number of hydrogen-bond acceptors (Lipinski definition) is 2. The van der Waals surface area contributed by atoms with Crippen LogP contribution in [0.25, 0.3) is 0 Å². The van der Waals surface area contributed by atoms with Crippen molar-refractivity contribution < 1.29 is 9.59 Å². The average molecular weight is 380 g/mol. The number of likely N-dealkylation sites (tertiary alicyclic amines) is 1. The molecule has 2 aromatic rings. The highest BCUT2D eigenvalue weighted by atomic mass is 16.2. The molecule has 1 unspecified atom stereocenters. The van der Waals surface area contributed by atoms with Gasteiger partial charge < -0.3 is 15.5 Å². The zero-order valence-electron chi connectivity index (χ0n) is 16.7. The second-order valence-corrected chi connectivity index (χ2v) is 7.35. The van der Waals surface area contributed by atoms with Crippen molar-refractivity contribution in [3.8, 4) is 0 Å². The molecule has 3 rings (SSSR count). The number of urea groups is 1. The fourth-order valence-electron chi connectivity index (χ4n) is 3.50. The fourth-order valence-corrected chi connectivity index (χ4v) is 3.50. The summed E-state index contributed by atoms with van der Waals surface area (Å²) in [6.07, 6.45) is 4.30. The van der Waals surface area contributed by atoms with E-state index < -0.39 is 0 Å². The van der Waals surface area contributed by atoms with Crippen LogP contribution in [0.15, 0.2) is 48.5 Å². The number of aryl methyl sites for hydroxylation is 1. The van der Waals surface area contributed by atoms with Crippen molar-refractivity contribution in [2.45, 2.75) is 45.6 Å². The molecule has 1 saturated heterocycles. The lowest BCUT2D eigenvalue weighted by Gasteiger charge is -2.26. The van der Waals surface area contributed by atoms with Gasteiger partial charge in [0, 0.05) is 24.3 Å². The number of amides is 3. The molecule has 1 fully saturated rings. The van der Waals surface area contributed by atoms with Crippen molar-refractivity contribution in [2.24, 2.45) is 0 Å². The Balaban J connectivity index is 1.59. The second-order valence-electron chi connectivity index (χ2n) is 7.35. The summed E-state index contributed by atoms with van der Waals surface area (Å²) in [7, 11) is 0. The molecule has 0 aliphatic carbocycles. The lowest BCUT2D eigenvalue weighted by atomic mass is 10.1. The summed E-state index contributed by atoms with van der Waals surface area (Å²) in [6, 6.07) is 15.0. The molecule has 0 aromatic heterocycles. The van der Waals surface area contributed by atoms with Crippen LogP contribution in [0.2, 0.25) is 0 Å². The van der Waals surface area contributed by atoms with Gasteiger partial charge in [-0.2, -0.15) is 0 Å². The molecular formula is C23H29N3O2. The van der Waals surface area contributed by atoms with Crippen molar-refractivity contribution in [2.75, 3.05) is 18.4 Å². The Morgan fingerprint density at radius 1 is 1.04 bits per heavy atom. The molecule has 0 radical (unpaired) electrons. The number of carbonyl (C=O) groups is 2. The summed E-state index contributed by atoms with van der Waals surface area (Å²) in [4.78, 5) is 26.9. The Bertz CT molecular complexity index is 811. The zero-order valence-corrected chi connectivity index (χ0v) is 16.7. The van der Waals surface area contributed by atoms with E-state index in [1.165, 1.54) is 12.0 Å². The van der Waals surface area contributed by atoms with E-state index in [0.29, 0.717) is 11.3 Å². The van der Waals surface area contributed by atoms with E-state index in [2.05, 4.69) is 29.7 Å². The third kappa shape index (κ3) is 5.12. The maximum Gasteiger partial charge on any atom is 0.319 e. The van der Waals surface area contributed by atoms with Crippen LogP contribution in [0.5, 0.6) is 0 Å². The molecule has 28 heavy (non-hydrogen) atoms. The Kier molecular flexibility index (Phi) is 6.69. The summed E-state index contributed by atoms with van der Waals surface area (Å²) >= 11 is 0. The van der Waals surface area contributed by atoms with Crippen LogP contribution in [0.3, 0.4) is 0 Å². The molecule has 5 heteroatoms. The van der Waals surface area contributed by atoms with E-state index in [0.717, 1.165) is 37.9 Å². The fraction of sp³-hybridized carbons (Fsp3) is 0.391. The first-order valence-electron chi connectivity index (χ1n) is 10.1. The van der Waals surface area contributed by atoms with Gasteiger partial charge in [-0.25, -0.2) is 4.79 Å². The van der Waals surface area contributed by atoms with Crippen LogP contribution < -0.4 is 10.6 Å². The maximum atomic E-state index is 12.7. The molecule has 1 aliphatic heterocycles. The Morgan fingerprint density at radius 2 is 1.75 bits per heavy atom. The molecule has 3 amide bonds. The first-order chi connectivity index (χ1) is 13.6. The Hall–Kier alpha value is -2.82. The maximum absolute atomic E-state index is 12.7. The standard InChI is InChI=1S/C23H29N3O2/c1-3-18-10-12-19(13-11-18)17(2)24-23(28)25-21-9-7-8-20(16-21)22(27)26-14-5-4-6-15-26/h7-13,16-17H,3-6,14-15H2,1-2H3,(H2,24,25,28). The van der Waals surface area contributed by atoms with Crippen molar-refractivity contribution in [1.82, 2.24) is 10.2 Å². The topological polar surface area (TPSA) is 61.4 Å². The Labute approximate surface area is 167 Å². The summed E-state index contributed by atoms with van der Waals surface area (Å²) < 4.78 is 0. The van der Waals surface area contributed by atoms with Gasteiger partial charge in [0.1, 0.15) is 0 Å². The first-order valence-corrected chi connectivity index (χ1v) is 10.1. The molecule has 148 valence electrons. The molecule has 1 aliphatic rings. The first kappa shape index (κ1) is 19.9. The highest BCUT2D eigenvalue weighted by Crippen LogP contribution is 2.17. The summed E-state index contributed by atoms with van der Waals surface area (Å²) in [5, 5.41) is 5.79. The number of nitrogens with zero attached hydrogens (tertiary/aromatic N) is 1. The van der Waals surface area contributed by atoms with Gasteiger partial charge in [-0.1, -0.05) is 37.3 Å². The van der Waals surface area contributed by atoms with Gasteiger partial charge in [0.05, 0.1) is 6.04 Å². The molecular weight excluding hydrogens is 350 g/mol. The van der Waals surface area contributed by atoms with Gasteiger partial charge in [0.25, 0.3) is 5.91 Å². The van der Waals surface area contributed by atoms with Crippen molar-refractivity contribution in [1.29, 1.82) is 0 Å². The van der Waals surface area contributed by atoms with Crippen LogP contribution in [0.1, 0.15) is 60.6 Å². The van der Waals surface area contributed by atoms with Crippen LogP contribution >= 0.6 is 0 Å². The minimum absolute atomic E-state index is 0.0353. The van der Waals surface area contributed by atoms with Gasteiger partial charge in [0.15, 0.2) is 0 Å². The average Bonchev–Trinajstić information content (AvgIpc) is 2.74. The van der Waals surface area contributed by atoms with Crippen LogP contribution in [-0.2, 0) is 6.42 Å². The van der Waals surface area contributed by atoms with E-state index in [-0.39, 0.29) is 18.0 Å². The molecule has 2 N–H and O–H groups in total. The second kappa shape index (κ2) is 9.40. The zero-order chi connectivity index (χ0) is 19.9. The molecule has 0 bridgehead atoms. The van der Waals surface area contributed by atoms with Crippen molar-refractivity contribution in [3.05, 3.63) is 65.2 Å². The Morgan fingerprint density at radius 3 is 2.43 bits per heavy atom.